The fraction of sp³-hybridized carbons (Fsp3) is 0.824. The lowest BCUT2D eigenvalue weighted by molar-refractivity contribution is -0.296. The van der Waals surface area contributed by atoms with E-state index in [9.17, 15) is 4.79 Å². The van der Waals surface area contributed by atoms with Crippen molar-refractivity contribution in [2.45, 2.75) is 59.5 Å². The highest BCUT2D eigenvalue weighted by atomic mass is 17.2. The van der Waals surface area contributed by atoms with Gasteiger partial charge in [-0.05, 0) is 41.6 Å². The molecule has 0 saturated heterocycles. The van der Waals surface area contributed by atoms with E-state index < -0.39 is 0 Å². The Morgan fingerprint density at radius 1 is 1.19 bits per heavy atom. The van der Waals surface area contributed by atoms with E-state index in [1.165, 1.54) is 31.8 Å². The van der Waals surface area contributed by atoms with Gasteiger partial charge in [0.1, 0.15) is 19.3 Å². The largest absolute Gasteiger partial charge is 0.458 e. The van der Waals surface area contributed by atoms with Gasteiger partial charge in [0.25, 0.3) is 0 Å². The predicted octanol–water partition coefficient (Wildman–Crippen LogP) is 3.41. The average molecular weight is 294 g/mol. The number of ether oxygens (including phenoxy) is 1. The van der Waals surface area contributed by atoms with Gasteiger partial charge in [0.15, 0.2) is 0 Å². The first kappa shape index (κ1) is 15.0. The molecule has 1 fully saturated rings. The van der Waals surface area contributed by atoms with E-state index in [0.29, 0.717) is 19.1 Å². The molecule has 2 aliphatic carbocycles. The molecule has 3 rings (SSSR count). The Hall–Kier alpha value is -0.870. The summed E-state index contributed by atoms with van der Waals surface area (Å²) in [5.74, 6) is 0.305. The summed E-state index contributed by atoms with van der Waals surface area (Å²) in [6.07, 6.45) is 4.44. The maximum absolute atomic E-state index is 11.5. The summed E-state index contributed by atoms with van der Waals surface area (Å²) in [7, 11) is 0. The third-order valence-corrected chi connectivity index (χ3v) is 5.95. The van der Waals surface area contributed by atoms with Crippen molar-refractivity contribution in [2.75, 3.05) is 13.2 Å². The quantitative estimate of drug-likeness (QED) is 0.422. The first-order chi connectivity index (χ1) is 9.84. The molecular weight excluding hydrogens is 268 g/mol. The molecule has 0 spiro atoms. The average Bonchev–Trinajstić information content (AvgIpc) is 2.40. The number of fused-ring (bicyclic) bond motifs is 2. The number of esters is 1. The molecule has 1 aliphatic heterocycles. The van der Waals surface area contributed by atoms with Crippen molar-refractivity contribution in [2.24, 2.45) is 16.7 Å². The van der Waals surface area contributed by atoms with Crippen LogP contribution in [0.15, 0.2) is 11.1 Å². The topological polar surface area (TPSA) is 44.8 Å². The van der Waals surface area contributed by atoms with Crippen LogP contribution in [0.3, 0.4) is 0 Å². The molecule has 1 unspecified atom stereocenters. The van der Waals surface area contributed by atoms with Crippen molar-refractivity contribution < 1.29 is 19.3 Å². The SMILES string of the molecule is CC(=O)OC1C[C@H]2C(C)(C)CCC[C@]2(C)C2=C1COOC2. The van der Waals surface area contributed by atoms with Crippen LogP contribution in [0.4, 0.5) is 0 Å². The smallest absolute Gasteiger partial charge is 0.303 e. The highest BCUT2D eigenvalue weighted by molar-refractivity contribution is 5.66. The monoisotopic (exact) mass is 294 g/mol. The zero-order valence-electron chi connectivity index (χ0n) is 13.5. The Kier molecular flexibility index (Phi) is 3.65. The van der Waals surface area contributed by atoms with E-state index in [1.54, 1.807) is 0 Å². The zero-order chi connectivity index (χ0) is 15.3. The fourth-order valence-electron chi connectivity index (χ4n) is 4.94. The molecule has 3 aliphatic rings. The normalized spacial score (nSPS) is 38.5. The van der Waals surface area contributed by atoms with Crippen LogP contribution in [-0.2, 0) is 19.3 Å². The molecule has 0 bridgehead atoms. The first-order valence-corrected chi connectivity index (χ1v) is 7.98. The molecular formula is C17H26O4. The van der Waals surface area contributed by atoms with E-state index in [4.69, 9.17) is 14.5 Å². The zero-order valence-corrected chi connectivity index (χ0v) is 13.5. The van der Waals surface area contributed by atoms with Crippen LogP contribution in [-0.4, -0.2) is 25.3 Å². The number of carbonyl (C=O) groups is 1. The third-order valence-electron chi connectivity index (χ3n) is 5.95. The Labute approximate surface area is 126 Å². The fourth-order valence-corrected chi connectivity index (χ4v) is 4.94. The molecule has 118 valence electrons. The third kappa shape index (κ3) is 2.42. The summed E-state index contributed by atoms with van der Waals surface area (Å²) < 4.78 is 5.62. The van der Waals surface area contributed by atoms with Gasteiger partial charge in [-0.2, -0.15) is 0 Å². The van der Waals surface area contributed by atoms with Crippen molar-refractivity contribution in [1.82, 2.24) is 0 Å². The standard InChI is InChI=1S/C17H26O4/c1-11(18)21-14-8-15-16(2,3)6-5-7-17(15,4)13-10-20-19-9-12(13)14/h14-15H,5-10H2,1-4H3/t14?,15-,17+/m0/s1. The number of carbonyl (C=O) groups excluding carboxylic acids is 1. The maximum atomic E-state index is 11.5. The molecule has 0 aromatic rings. The van der Waals surface area contributed by atoms with Crippen molar-refractivity contribution in [3.05, 3.63) is 11.1 Å². The molecule has 0 aromatic heterocycles. The Morgan fingerprint density at radius 3 is 2.62 bits per heavy atom. The van der Waals surface area contributed by atoms with Gasteiger partial charge in [0.05, 0.1) is 0 Å². The molecule has 0 aromatic carbocycles. The molecule has 1 saturated carbocycles. The number of hydrogen-bond acceptors (Lipinski definition) is 4. The lowest BCUT2D eigenvalue weighted by Gasteiger charge is -2.56. The van der Waals surface area contributed by atoms with Gasteiger partial charge in [-0.3, -0.25) is 4.79 Å². The molecule has 4 nitrogen and oxygen atoms in total. The first-order valence-electron chi connectivity index (χ1n) is 7.98. The molecule has 3 atom stereocenters. The van der Waals surface area contributed by atoms with Gasteiger partial charge < -0.3 is 4.74 Å². The van der Waals surface area contributed by atoms with Gasteiger partial charge in [-0.25, -0.2) is 9.78 Å². The molecule has 21 heavy (non-hydrogen) atoms. The summed E-state index contributed by atoms with van der Waals surface area (Å²) >= 11 is 0. The Balaban J connectivity index is 2.04. The number of hydrogen-bond donors (Lipinski definition) is 0. The molecule has 0 N–H and O–H groups in total. The molecule has 4 heteroatoms. The summed E-state index contributed by atoms with van der Waals surface area (Å²) in [6, 6.07) is 0. The minimum atomic E-state index is -0.212. The van der Waals surface area contributed by atoms with Gasteiger partial charge in [0, 0.05) is 12.5 Å². The van der Waals surface area contributed by atoms with E-state index in [2.05, 4.69) is 20.8 Å². The summed E-state index contributed by atoms with van der Waals surface area (Å²) in [5.41, 5.74) is 2.89. The van der Waals surface area contributed by atoms with Gasteiger partial charge in [-0.15, -0.1) is 0 Å². The number of rotatable bonds is 1. The van der Waals surface area contributed by atoms with Gasteiger partial charge in [0.2, 0.25) is 0 Å². The lowest BCUT2D eigenvalue weighted by Crippen LogP contribution is -2.51. The van der Waals surface area contributed by atoms with Crippen molar-refractivity contribution in [3.8, 4) is 0 Å². The van der Waals surface area contributed by atoms with E-state index >= 15 is 0 Å². The molecule has 1 heterocycles. The van der Waals surface area contributed by atoms with Gasteiger partial charge >= 0.3 is 5.97 Å². The van der Waals surface area contributed by atoms with Crippen molar-refractivity contribution in [1.29, 1.82) is 0 Å². The van der Waals surface area contributed by atoms with Crippen molar-refractivity contribution >= 4 is 5.97 Å². The van der Waals surface area contributed by atoms with Crippen LogP contribution in [0.25, 0.3) is 0 Å². The molecule has 0 radical (unpaired) electrons. The van der Waals surface area contributed by atoms with Gasteiger partial charge in [-0.1, -0.05) is 27.2 Å². The highest BCUT2D eigenvalue weighted by Gasteiger charge is 2.54. The second-order valence-electron chi connectivity index (χ2n) is 7.67. The van der Waals surface area contributed by atoms with E-state index in [0.717, 1.165) is 12.0 Å². The van der Waals surface area contributed by atoms with Crippen LogP contribution < -0.4 is 0 Å². The van der Waals surface area contributed by atoms with Crippen LogP contribution in [0.5, 0.6) is 0 Å². The van der Waals surface area contributed by atoms with Crippen LogP contribution in [0.1, 0.15) is 53.4 Å². The lowest BCUT2D eigenvalue weighted by atomic mass is 9.50. The summed E-state index contributed by atoms with van der Waals surface area (Å²) in [4.78, 5) is 21.9. The second kappa shape index (κ2) is 5.10. The van der Waals surface area contributed by atoms with Crippen molar-refractivity contribution in [3.63, 3.8) is 0 Å². The summed E-state index contributed by atoms with van der Waals surface area (Å²) in [5, 5.41) is 0. The Bertz CT molecular complexity index is 479. The highest BCUT2D eigenvalue weighted by Crippen LogP contribution is 2.60. The second-order valence-corrected chi connectivity index (χ2v) is 7.67. The van der Waals surface area contributed by atoms with E-state index in [-0.39, 0.29) is 22.9 Å². The summed E-state index contributed by atoms with van der Waals surface area (Å²) in [6.45, 7) is 9.50. The molecule has 0 amide bonds. The predicted molar refractivity (Wildman–Crippen MR) is 78.3 cm³/mol. The van der Waals surface area contributed by atoms with Crippen LogP contribution in [0.2, 0.25) is 0 Å². The van der Waals surface area contributed by atoms with Crippen LogP contribution in [0, 0.1) is 16.7 Å². The minimum Gasteiger partial charge on any atom is -0.458 e. The maximum Gasteiger partial charge on any atom is 0.303 e. The minimum absolute atomic E-state index is 0.142. The van der Waals surface area contributed by atoms with E-state index in [1.807, 2.05) is 0 Å². The Morgan fingerprint density at radius 2 is 1.90 bits per heavy atom. The van der Waals surface area contributed by atoms with Crippen LogP contribution >= 0.6 is 0 Å².